The lowest BCUT2D eigenvalue weighted by atomic mass is 10.2. The summed E-state index contributed by atoms with van der Waals surface area (Å²) in [7, 11) is -7.24. The Hall–Kier alpha value is -1.65. The second-order valence-electron chi connectivity index (χ2n) is 6.54. The molecule has 0 spiro atoms. The quantitative estimate of drug-likeness (QED) is 0.675. The number of hydrogen-bond acceptors (Lipinski definition) is 5. The van der Waals surface area contributed by atoms with Crippen molar-refractivity contribution in [3.63, 3.8) is 0 Å². The van der Waals surface area contributed by atoms with Gasteiger partial charge >= 0.3 is 0 Å². The zero-order valence-corrected chi connectivity index (χ0v) is 18.5. The third-order valence-corrected chi connectivity index (χ3v) is 8.56. The Balaban J connectivity index is 1.72. The first-order valence-corrected chi connectivity index (χ1v) is 12.6. The van der Waals surface area contributed by atoms with Crippen LogP contribution in [-0.2, 0) is 19.9 Å². The normalized spacial score (nSPS) is 16.0. The Bertz CT molecular complexity index is 1120. The summed E-state index contributed by atoms with van der Waals surface area (Å²) in [6.07, 6.45) is 1.09. The molecule has 0 bridgehead atoms. The molecule has 1 amide bonds. The highest BCUT2D eigenvalue weighted by molar-refractivity contribution is 7.90. The third-order valence-electron chi connectivity index (χ3n) is 4.57. The van der Waals surface area contributed by atoms with E-state index in [1.165, 1.54) is 45.6 Å². The summed E-state index contributed by atoms with van der Waals surface area (Å²) < 4.78 is 50.1. The molecular formula is C18H18Cl2N2O5S2. The van der Waals surface area contributed by atoms with Gasteiger partial charge in [0.2, 0.25) is 10.0 Å². The standard InChI is InChI=1S/C18H18Cl2N2O5S2/c1-28(24,25)14-7-5-13(6-8-14)18(23)21-9-11-22(12-10-21)29(26,27)17-15(19)3-2-4-16(17)20/h2-8H,9-12H2,1H3. The van der Waals surface area contributed by atoms with Crippen LogP contribution < -0.4 is 0 Å². The van der Waals surface area contributed by atoms with Crippen LogP contribution in [0.5, 0.6) is 0 Å². The number of sulfone groups is 1. The van der Waals surface area contributed by atoms with Crippen LogP contribution in [0, 0.1) is 0 Å². The molecule has 0 saturated carbocycles. The number of benzene rings is 2. The minimum absolute atomic E-state index is 0.0435. The molecule has 0 aromatic heterocycles. The zero-order chi connectivity index (χ0) is 21.4. The maximum absolute atomic E-state index is 12.9. The summed E-state index contributed by atoms with van der Waals surface area (Å²) in [5.74, 6) is -0.294. The van der Waals surface area contributed by atoms with Crippen LogP contribution in [0.1, 0.15) is 10.4 Å². The van der Waals surface area contributed by atoms with E-state index in [1.54, 1.807) is 6.07 Å². The SMILES string of the molecule is CS(=O)(=O)c1ccc(C(=O)N2CCN(S(=O)(=O)c3c(Cl)cccc3Cl)CC2)cc1. The average molecular weight is 477 g/mol. The Morgan fingerprint density at radius 1 is 0.862 bits per heavy atom. The van der Waals surface area contributed by atoms with Crippen LogP contribution in [0.25, 0.3) is 0 Å². The van der Waals surface area contributed by atoms with Crippen molar-refractivity contribution in [3.8, 4) is 0 Å². The Kier molecular flexibility index (Phi) is 6.26. The first kappa shape index (κ1) is 22.0. The molecule has 156 valence electrons. The van der Waals surface area contributed by atoms with Crippen molar-refractivity contribution >= 4 is 49.0 Å². The van der Waals surface area contributed by atoms with Crippen molar-refractivity contribution in [2.24, 2.45) is 0 Å². The molecule has 0 N–H and O–H groups in total. The molecule has 0 aliphatic carbocycles. The van der Waals surface area contributed by atoms with Gasteiger partial charge in [-0.15, -0.1) is 0 Å². The minimum atomic E-state index is -3.89. The lowest BCUT2D eigenvalue weighted by molar-refractivity contribution is 0.0698. The highest BCUT2D eigenvalue weighted by Gasteiger charge is 2.33. The molecule has 0 atom stereocenters. The van der Waals surface area contributed by atoms with E-state index in [4.69, 9.17) is 23.2 Å². The fourth-order valence-electron chi connectivity index (χ4n) is 3.02. The van der Waals surface area contributed by atoms with Crippen molar-refractivity contribution in [1.82, 2.24) is 9.21 Å². The van der Waals surface area contributed by atoms with Crippen LogP contribution in [0.3, 0.4) is 0 Å². The van der Waals surface area contributed by atoms with Crippen LogP contribution in [-0.4, -0.2) is 64.4 Å². The molecule has 1 aliphatic rings. The van der Waals surface area contributed by atoms with E-state index >= 15 is 0 Å². The predicted octanol–water partition coefficient (Wildman–Crippen LogP) is 2.54. The molecule has 0 unspecified atom stereocenters. The van der Waals surface area contributed by atoms with Gasteiger partial charge in [-0.3, -0.25) is 4.79 Å². The molecule has 1 fully saturated rings. The summed E-state index contributed by atoms with van der Waals surface area (Å²) in [6.45, 7) is 0.565. The van der Waals surface area contributed by atoms with Crippen molar-refractivity contribution in [2.75, 3.05) is 32.4 Å². The molecule has 11 heteroatoms. The van der Waals surface area contributed by atoms with Crippen LogP contribution >= 0.6 is 23.2 Å². The van der Waals surface area contributed by atoms with Gasteiger partial charge in [-0.1, -0.05) is 29.3 Å². The van der Waals surface area contributed by atoms with Crippen molar-refractivity contribution in [2.45, 2.75) is 9.79 Å². The first-order chi connectivity index (χ1) is 13.5. The molecule has 2 aromatic rings. The van der Waals surface area contributed by atoms with Crippen molar-refractivity contribution < 1.29 is 21.6 Å². The summed E-state index contributed by atoms with van der Waals surface area (Å²) in [4.78, 5) is 14.2. The van der Waals surface area contributed by atoms with Gasteiger partial charge in [-0.05, 0) is 36.4 Å². The second-order valence-corrected chi connectivity index (χ2v) is 11.2. The molecule has 2 aromatic carbocycles. The number of carbonyl (C=O) groups is 1. The second kappa shape index (κ2) is 8.23. The molecule has 29 heavy (non-hydrogen) atoms. The number of halogens is 2. The van der Waals surface area contributed by atoms with Crippen LogP contribution in [0.4, 0.5) is 0 Å². The number of sulfonamides is 1. The number of nitrogens with zero attached hydrogens (tertiary/aromatic N) is 2. The van der Waals surface area contributed by atoms with Gasteiger partial charge in [-0.25, -0.2) is 16.8 Å². The molecular weight excluding hydrogens is 459 g/mol. The minimum Gasteiger partial charge on any atom is -0.336 e. The van der Waals surface area contributed by atoms with E-state index in [2.05, 4.69) is 0 Å². The number of carbonyl (C=O) groups excluding carboxylic acids is 1. The third kappa shape index (κ3) is 4.59. The van der Waals surface area contributed by atoms with Crippen molar-refractivity contribution in [3.05, 3.63) is 58.1 Å². The van der Waals surface area contributed by atoms with Gasteiger partial charge in [0.15, 0.2) is 9.84 Å². The molecule has 1 heterocycles. The fraction of sp³-hybridized carbons (Fsp3) is 0.278. The van der Waals surface area contributed by atoms with E-state index in [0.717, 1.165) is 6.26 Å². The maximum atomic E-state index is 12.9. The van der Waals surface area contributed by atoms with E-state index in [9.17, 15) is 21.6 Å². The van der Waals surface area contributed by atoms with E-state index in [0.29, 0.717) is 5.56 Å². The Labute approximate surface area is 179 Å². The Morgan fingerprint density at radius 2 is 1.38 bits per heavy atom. The van der Waals surface area contributed by atoms with Gasteiger partial charge in [0.1, 0.15) is 4.90 Å². The van der Waals surface area contributed by atoms with Gasteiger partial charge in [0, 0.05) is 38.0 Å². The highest BCUT2D eigenvalue weighted by atomic mass is 35.5. The molecule has 7 nitrogen and oxygen atoms in total. The van der Waals surface area contributed by atoms with Crippen LogP contribution in [0.15, 0.2) is 52.3 Å². The van der Waals surface area contributed by atoms with Crippen molar-refractivity contribution in [1.29, 1.82) is 0 Å². The largest absolute Gasteiger partial charge is 0.336 e. The topological polar surface area (TPSA) is 91.8 Å². The van der Waals surface area contributed by atoms with E-state index in [-0.39, 0.29) is 51.9 Å². The lowest BCUT2D eigenvalue weighted by Gasteiger charge is -2.34. The summed E-state index contributed by atoms with van der Waals surface area (Å²) in [5.41, 5.74) is 0.336. The van der Waals surface area contributed by atoms with E-state index in [1.807, 2.05) is 0 Å². The fourth-order valence-corrected chi connectivity index (χ4v) is 6.16. The summed E-state index contributed by atoms with van der Waals surface area (Å²) in [5, 5.41) is 0.0870. The smallest absolute Gasteiger partial charge is 0.253 e. The summed E-state index contributed by atoms with van der Waals surface area (Å²) >= 11 is 12.1. The van der Waals surface area contributed by atoms with Gasteiger partial charge in [0.05, 0.1) is 14.9 Å². The number of hydrogen-bond donors (Lipinski definition) is 0. The highest BCUT2D eigenvalue weighted by Crippen LogP contribution is 2.32. The zero-order valence-electron chi connectivity index (χ0n) is 15.4. The maximum Gasteiger partial charge on any atom is 0.253 e. The van der Waals surface area contributed by atoms with Gasteiger partial charge in [0.25, 0.3) is 5.91 Å². The first-order valence-electron chi connectivity index (χ1n) is 8.55. The predicted molar refractivity (Wildman–Crippen MR) is 111 cm³/mol. The van der Waals surface area contributed by atoms with Gasteiger partial charge < -0.3 is 4.90 Å². The number of amides is 1. The number of rotatable bonds is 4. The molecule has 3 rings (SSSR count). The summed E-state index contributed by atoms with van der Waals surface area (Å²) in [6, 6.07) is 10.1. The van der Waals surface area contributed by atoms with E-state index < -0.39 is 19.9 Å². The molecule has 1 aliphatic heterocycles. The van der Waals surface area contributed by atoms with Gasteiger partial charge in [-0.2, -0.15) is 4.31 Å². The Morgan fingerprint density at radius 3 is 1.86 bits per heavy atom. The number of piperazine rings is 1. The molecule has 1 saturated heterocycles. The lowest BCUT2D eigenvalue weighted by Crippen LogP contribution is -2.50. The van der Waals surface area contributed by atoms with Crippen LogP contribution in [0.2, 0.25) is 10.0 Å². The monoisotopic (exact) mass is 476 g/mol. The average Bonchev–Trinajstić information content (AvgIpc) is 2.66. The molecule has 0 radical (unpaired) electrons.